The van der Waals surface area contributed by atoms with Gasteiger partial charge in [0.05, 0.1) is 0 Å². The minimum Gasteiger partial charge on any atom is -0.208 e. The fourth-order valence-electron chi connectivity index (χ4n) is 0.556. The van der Waals surface area contributed by atoms with Gasteiger partial charge in [0.1, 0.15) is 0 Å². The van der Waals surface area contributed by atoms with Gasteiger partial charge in [-0.3, -0.25) is 0 Å². The summed E-state index contributed by atoms with van der Waals surface area (Å²) in [5.74, 6) is -3.26. The van der Waals surface area contributed by atoms with E-state index in [-0.39, 0.29) is 0 Å². The van der Waals surface area contributed by atoms with Crippen LogP contribution in [-0.2, 0) is 6.18 Å². The summed E-state index contributed by atoms with van der Waals surface area (Å²) in [6.07, 6.45) is -5.03. The molecule has 0 aliphatic heterocycles. The van der Waals surface area contributed by atoms with Gasteiger partial charge in [-0.1, -0.05) is 0 Å². The van der Waals surface area contributed by atoms with Gasteiger partial charge in [-0.25, -0.2) is 9.97 Å². The van der Waals surface area contributed by atoms with E-state index < -0.39 is 27.5 Å². The van der Waals surface area contributed by atoms with E-state index in [0.717, 1.165) is 0 Å². The Morgan fingerprint density at radius 3 is 2.00 bits per heavy atom. The first-order chi connectivity index (χ1) is 5.82. The summed E-state index contributed by atoms with van der Waals surface area (Å²) in [6.45, 7) is 0. The van der Waals surface area contributed by atoms with E-state index in [1.807, 2.05) is 0 Å². The third kappa shape index (κ3) is 2.23. The first-order valence-electron chi connectivity index (χ1n) is 2.78. The summed E-state index contributed by atoms with van der Waals surface area (Å²) in [7, 11) is 0. The zero-order chi connectivity index (χ0) is 10.2. The molecule has 0 N–H and O–H groups in total. The van der Waals surface area contributed by atoms with Crippen molar-refractivity contribution >= 4 is 22.6 Å². The molecule has 0 aromatic carbocycles. The van der Waals surface area contributed by atoms with Gasteiger partial charge in [0.15, 0.2) is 3.70 Å². The predicted octanol–water partition coefficient (Wildman–Crippen LogP) is 2.38. The van der Waals surface area contributed by atoms with Crippen LogP contribution in [0.25, 0.3) is 0 Å². The van der Waals surface area contributed by atoms with Crippen LogP contribution in [0.15, 0.2) is 0 Å². The Balaban J connectivity index is 3.32. The molecule has 1 heterocycles. The number of hydrogen-bond acceptors (Lipinski definition) is 2. The molecule has 0 bridgehead atoms. The second kappa shape index (κ2) is 3.31. The largest absolute Gasteiger partial charge is 0.438 e. The van der Waals surface area contributed by atoms with Gasteiger partial charge in [-0.2, -0.15) is 22.0 Å². The predicted molar refractivity (Wildman–Crippen MR) is 39.7 cm³/mol. The molecule has 0 spiro atoms. The van der Waals surface area contributed by atoms with Crippen LogP contribution >= 0.6 is 22.6 Å². The molecule has 0 aliphatic carbocycles. The average Bonchev–Trinajstić information content (AvgIpc) is 1.94. The normalized spacial score (nSPS) is 11.8. The standard InChI is InChI=1S/C5F5IN2/c6-2-1(5(8,9)10)12-3(7)4(11)13-2. The van der Waals surface area contributed by atoms with Crippen molar-refractivity contribution in [3.8, 4) is 0 Å². The number of alkyl halides is 3. The Labute approximate surface area is 82.3 Å². The van der Waals surface area contributed by atoms with E-state index in [1.165, 1.54) is 22.6 Å². The highest BCUT2D eigenvalue weighted by Crippen LogP contribution is 2.29. The third-order valence-electron chi connectivity index (χ3n) is 1.04. The SMILES string of the molecule is Fc1nc(C(F)(F)F)c(F)nc1I. The van der Waals surface area contributed by atoms with Gasteiger partial charge in [0.25, 0.3) is 0 Å². The van der Waals surface area contributed by atoms with Gasteiger partial charge >= 0.3 is 6.18 Å². The molecule has 72 valence electrons. The second-order valence-corrected chi connectivity index (χ2v) is 2.96. The molecular weight excluding hydrogens is 310 g/mol. The topological polar surface area (TPSA) is 25.8 Å². The highest BCUT2D eigenvalue weighted by atomic mass is 127. The lowest BCUT2D eigenvalue weighted by Gasteiger charge is -2.05. The zero-order valence-electron chi connectivity index (χ0n) is 5.66. The van der Waals surface area contributed by atoms with Crippen LogP contribution < -0.4 is 0 Å². The van der Waals surface area contributed by atoms with Gasteiger partial charge in [0, 0.05) is 0 Å². The number of halogens is 6. The summed E-state index contributed by atoms with van der Waals surface area (Å²) in [5.41, 5.74) is -1.94. The summed E-state index contributed by atoms with van der Waals surface area (Å²) in [5, 5.41) is 0. The van der Waals surface area contributed by atoms with Crippen LogP contribution in [0.2, 0.25) is 0 Å². The molecule has 13 heavy (non-hydrogen) atoms. The van der Waals surface area contributed by atoms with Crippen molar-refractivity contribution in [2.75, 3.05) is 0 Å². The lowest BCUT2D eigenvalue weighted by atomic mass is 10.4. The molecule has 1 rings (SSSR count). The second-order valence-electron chi connectivity index (χ2n) is 1.94. The molecule has 0 radical (unpaired) electrons. The Bertz CT molecular complexity index is 336. The van der Waals surface area contributed by atoms with Gasteiger partial charge in [-0.05, 0) is 22.6 Å². The quantitative estimate of drug-likeness (QED) is 0.543. The maximum atomic E-state index is 12.5. The zero-order valence-corrected chi connectivity index (χ0v) is 7.82. The number of nitrogens with zero attached hydrogens (tertiary/aromatic N) is 2. The fourth-order valence-corrected chi connectivity index (χ4v) is 0.888. The minimum absolute atomic E-state index is 0.539. The van der Waals surface area contributed by atoms with Crippen molar-refractivity contribution in [1.82, 2.24) is 9.97 Å². The summed E-state index contributed by atoms with van der Waals surface area (Å²) in [6, 6.07) is 0. The first kappa shape index (κ1) is 10.5. The van der Waals surface area contributed by atoms with Crippen molar-refractivity contribution in [3.05, 3.63) is 21.3 Å². The number of aromatic nitrogens is 2. The van der Waals surface area contributed by atoms with Crippen LogP contribution in [0.5, 0.6) is 0 Å². The molecular formula is C5F5IN2. The Morgan fingerprint density at radius 2 is 1.54 bits per heavy atom. The van der Waals surface area contributed by atoms with Crippen LogP contribution in [0.3, 0.4) is 0 Å². The smallest absolute Gasteiger partial charge is 0.208 e. The van der Waals surface area contributed by atoms with Crippen molar-refractivity contribution in [3.63, 3.8) is 0 Å². The summed E-state index contributed by atoms with van der Waals surface area (Å²) >= 11 is 1.24. The van der Waals surface area contributed by atoms with E-state index in [2.05, 4.69) is 9.97 Å². The van der Waals surface area contributed by atoms with Gasteiger partial charge in [-0.15, -0.1) is 0 Å². The van der Waals surface area contributed by atoms with Gasteiger partial charge < -0.3 is 0 Å². The molecule has 1 aromatic heterocycles. The molecule has 2 nitrogen and oxygen atoms in total. The molecule has 0 atom stereocenters. The van der Waals surface area contributed by atoms with Crippen molar-refractivity contribution < 1.29 is 22.0 Å². The maximum absolute atomic E-state index is 12.5. The van der Waals surface area contributed by atoms with E-state index in [0.29, 0.717) is 0 Å². The third-order valence-corrected chi connectivity index (χ3v) is 1.73. The highest BCUT2D eigenvalue weighted by Gasteiger charge is 2.38. The maximum Gasteiger partial charge on any atom is 0.438 e. The van der Waals surface area contributed by atoms with Crippen LogP contribution in [-0.4, -0.2) is 9.97 Å². The van der Waals surface area contributed by atoms with Crippen LogP contribution in [0.1, 0.15) is 5.69 Å². The first-order valence-corrected chi connectivity index (χ1v) is 3.86. The Kier molecular flexibility index (Phi) is 2.68. The number of rotatable bonds is 0. The van der Waals surface area contributed by atoms with Crippen molar-refractivity contribution in [1.29, 1.82) is 0 Å². The average molecular weight is 310 g/mol. The monoisotopic (exact) mass is 310 g/mol. The molecule has 8 heteroatoms. The highest BCUT2D eigenvalue weighted by molar-refractivity contribution is 14.1. The summed E-state index contributed by atoms with van der Waals surface area (Å²) in [4.78, 5) is 5.11. The fraction of sp³-hybridized carbons (Fsp3) is 0.200. The van der Waals surface area contributed by atoms with E-state index in [1.54, 1.807) is 0 Å². The van der Waals surface area contributed by atoms with E-state index in [9.17, 15) is 22.0 Å². The summed E-state index contributed by atoms with van der Waals surface area (Å²) < 4.78 is 59.9. The molecule has 0 aliphatic rings. The lowest BCUT2D eigenvalue weighted by Crippen LogP contribution is -2.15. The molecule has 0 unspecified atom stereocenters. The lowest BCUT2D eigenvalue weighted by molar-refractivity contribution is -0.144. The molecule has 0 fully saturated rings. The Morgan fingerprint density at radius 1 is 1.00 bits per heavy atom. The molecule has 0 amide bonds. The van der Waals surface area contributed by atoms with Crippen molar-refractivity contribution in [2.24, 2.45) is 0 Å². The molecule has 1 aromatic rings. The number of hydrogen-bond donors (Lipinski definition) is 0. The molecule has 0 saturated heterocycles. The van der Waals surface area contributed by atoms with E-state index >= 15 is 0 Å². The van der Waals surface area contributed by atoms with Crippen LogP contribution in [0, 0.1) is 15.6 Å². The van der Waals surface area contributed by atoms with Crippen LogP contribution in [0.4, 0.5) is 22.0 Å². The molecule has 0 saturated carbocycles. The minimum atomic E-state index is -5.03. The van der Waals surface area contributed by atoms with E-state index in [4.69, 9.17) is 0 Å². The van der Waals surface area contributed by atoms with Crippen molar-refractivity contribution in [2.45, 2.75) is 6.18 Å². The Hall–Kier alpha value is -0.540. The van der Waals surface area contributed by atoms with Gasteiger partial charge in [0.2, 0.25) is 17.6 Å².